The van der Waals surface area contributed by atoms with Crippen LogP contribution in [0.25, 0.3) is 11.2 Å². The topological polar surface area (TPSA) is 207 Å². The van der Waals surface area contributed by atoms with Crippen LogP contribution in [-0.4, -0.2) is 72.3 Å². The number of anilines is 2. The number of hydrogen-bond acceptors (Lipinski definition) is 10. The van der Waals surface area contributed by atoms with Crippen molar-refractivity contribution in [2.24, 2.45) is 0 Å². The molecule has 1 fully saturated rings. The van der Waals surface area contributed by atoms with Crippen molar-refractivity contribution in [1.82, 2.24) is 30.2 Å². The Kier molecular flexibility index (Phi) is 6.69. The molecule has 1 aromatic carbocycles. The first kappa shape index (κ1) is 24.5. The van der Waals surface area contributed by atoms with Gasteiger partial charge in [0.1, 0.15) is 30.2 Å². The number of aliphatic hydroxyl groups is 2. The van der Waals surface area contributed by atoms with Crippen LogP contribution in [0.4, 0.5) is 11.5 Å². The summed E-state index contributed by atoms with van der Waals surface area (Å²) in [7, 11) is 0. The molecule has 5 rings (SSSR count). The Bertz CT molecular complexity index is 1360. The van der Waals surface area contributed by atoms with Gasteiger partial charge >= 0.3 is 0 Å². The number of carbonyl (C=O) groups excluding carboxylic acids is 3. The van der Waals surface area contributed by atoms with E-state index in [9.17, 15) is 24.6 Å². The van der Waals surface area contributed by atoms with Gasteiger partial charge in [-0.15, -0.1) is 0 Å². The zero-order valence-electron chi connectivity index (χ0n) is 19.6. The lowest BCUT2D eigenvalue weighted by Crippen LogP contribution is -2.39. The summed E-state index contributed by atoms with van der Waals surface area (Å²) in [5, 5.41) is 29.1. The average molecular weight is 511 g/mol. The number of nitrogens with zero attached hydrogens (tertiary/aromatic N) is 4. The summed E-state index contributed by atoms with van der Waals surface area (Å²) in [6, 6.07) is 5.13. The van der Waals surface area contributed by atoms with Gasteiger partial charge < -0.3 is 36.6 Å². The second kappa shape index (κ2) is 10.1. The van der Waals surface area contributed by atoms with Crippen LogP contribution in [0.5, 0.6) is 0 Å². The zero-order chi connectivity index (χ0) is 26.1. The SMILES string of the molecule is Nc1ncnc2c1ncn2C1O[C@H](CNC(=O)CCCC(=O)Nc2cccc3c2CNC3=O)[C@@H](O)[C@H]1O. The number of rotatable bonds is 8. The van der Waals surface area contributed by atoms with Crippen LogP contribution in [0, 0.1) is 0 Å². The minimum absolute atomic E-state index is 0.0410. The molecular formula is C23H26N8O6. The molecule has 7 N–H and O–H groups in total. The van der Waals surface area contributed by atoms with Gasteiger partial charge in [-0.3, -0.25) is 19.0 Å². The van der Waals surface area contributed by atoms with Gasteiger partial charge in [-0.2, -0.15) is 0 Å². The molecule has 1 unspecified atom stereocenters. The van der Waals surface area contributed by atoms with Crippen molar-refractivity contribution in [2.45, 2.75) is 50.3 Å². The van der Waals surface area contributed by atoms with Gasteiger partial charge in [0.15, 0.2) is 17.7 Å². The number of imidazole rings is 1. The molecule has 0 radical (unpaired) electrons. The highest BCUT2D eigenvalue weighted by atomic mass is 16.6. The van der Waals surface area contributed by atoms with Crippen molar-refractivity contribution in [3.63, 3.8) is 0 Å². The number of aliphatic hydroxyl groups excluding tert-OH is 2. The van der Waals surface area contributed by atoms with Gasteiger partial charge in [0.25, 0.3) is 5.91 Å². The van der Waals surface area contributed by atoms with E-state index in [-0.39, 0.29) is 42.9 Å². The fourth-order valence-electron chi connectivity index (χ4n) is 4.48. The first-order valence-electron chi connectivity index (χ1n) is 11.7. The number of fused-ring (bicyclic) bond motifs is 2. The van der Waals surface area contributed by atoms with Crippen LogP contribution in [0.2, 0.25) is 0 Å². The molecule has 14 heteroatoms. The zero-order valence-corrected chi connectivity index (χ0v) is 19.6. The molecule has 14 nitrogen and oxygen atoms in total. The molecule has 3 aromatic rings. The minimum atomic E-state index is -1.29. The second-order valence-corrected chi connectivity index (χ2v) is 8.85. The summed E-state index contributed by atoms with van der Waals surface area (Å²) in [5.41, 5.74) is 8.34. The van der Waals surface area contributed by atoms with E-state index in [1.807, 2.05) is 0 Å². The number of nitrogens with two attached hydrogens (primary N) is 1. The van der Waals surface area contributed by atoms with Crippen LogP contribution >= 0.6 is 0 Å². The molecule has 0 bridgehead atoms. The third-order valence-electron chi connectivity index (χ3n) is 6.43. The van der Waals surface area contributed by atoms with Crippen LogP contribution in [0.15, 0.2) is 30.9 Å². The number of aromatic nitrogens is 4. The van der Waals surface area contributed by atoms with Crippen molar-refractivity contribution in [3.8, 4) is 0 Å². The molecule has 3 amide bonds. The average Bonchev–Trinajstić information content (AvgIpc) is 3.56. The molecule has 0 spiro atoms. The molecule has 4 atom stereocenters. The number of carbonyl (C=O) groups is 3. The number of nitrogens with one attached hydrogen (secondary N) is 3. The number of benzene rings is 1. The normalized spacial score (nSPS) is 22.6. The maximum absolute atomic E-state index is 12.3. The fourth-order valence-corrected chi connectivity index (χ4v) is 4.48. The minimum Gasteiger partial charge on any atom is -0.387 e. The predicted octanol–water partition coefficient (Wildman–Crippen LogP) is -0.804. The Morgan fingerprint density at radius 2 is 1.97 bits per heavy atom. The molecule has 37 heavy (non-hydrogen) atoms. The van der Waals surface area contributed by atoms with E-state index in [1.54, 1.807) is 18.2 Å². The summed E-state index contributed by atoms with van der Waals surface area (Å²) in [5.74, 6) is -0.590. The maximum atomic E-state index is 12.3. The van der Waals surface area contributed by atoms with Crippen molar-refractivity contribution in [3.05, 3.63) is 42.0 Å². The van der Waals surface area contributed by atoms with E-state index >= 15 is 0 Å². The molecule has 4 heterocycles. The lowest BCUT2D eigenvalue weighted by molar-refractivity contribution is -0.122. The van der Waals surface area contributed by atoms with Crippen molar-refractivity contribution >= 4 is 40.4 Å². The Hall–Kier alpha value is -4.14. The number of nitrogen functional groups attached to an aromatic ring is 1. The van der Waals surface area contributed by atoms with E-state index in [2.05, 4.69) is 30.9 Å². The van der Waals surface area contributed by atoms with Crippen molar-refractivity contribution < 1.29 is 29.3 Å². The van der Waals surface area contributed by atoms with Crippen LogP contribution < -0.4 is 21.7 Å². The number of ether oxygens (including phenoxy) is 1. The summed E-state index contributed by atoms with van der Waals surface area (Å²) in [6.07, 6.45) is -1.27. The molecule has 2 aliphatic heterocycles. The summed E-state index contributed by atoms with van der Waals surface area (Å²) < 4.78 is 7.25. The largest absolute Gasteiger partial charge is 0.387 e. The summed E-state index contributed by atoms with van der Waals surface area (Å²) in [6.45, 7) is 0.317. The van der Waals surface area contributed by atoms with Crippen molar-refractivity contribution in [1.29, 1.82) is 0 Å². The highest BCUT2D eigenvalue weighted by molar-refractivity contribution is 6.02. The van der Waals surface area contributed by atoms with Gasteiger partial charge in [0.2, 0.25) is 11.8 Å². The van der Waals surface area contributed by atoms with Gasteiger partial charge in [-0.1, -0.05) is 6.07 Å². The Morgan fingerprint density at radius 1 is 1.16 bits per heavy atom. The standard InChI is InChI=1S/C23H26N8O6/c24-20-17-21(28-9-27-20)31(10-29-17)23-19(35)18(34)14(37-23)8-25-15(32)5-2-6-16(33)30-13-4-1-3-11-12(13)7-26-22(11)36/h1,3-4,9-10,14,18-19,23,34-35H,2,5-8H2,(H,25,32)(H,26,36)(H,30,33)(H2,24,27,28)/t14-,18-,19-,23?/m1/s1. The quantitative estimate of drug-likeness (QED) is 0.222. The summed E-state index contributed by atoms with van der Waals surface area (Å²) in [4.78, 5) is 48.5. The fraction of sp³-hybridized carbons (Fsp3) is 0.391. The van der Waals surface area contributed by atoms with E-state index in [0.717, 1.165) is 5.56 Å². The van der Waals surface area contributed by atoms with Crippen LogP contribution in [-0.2, 0) is 20.9 Å². The third-order valence-corrected chi connectivity index (χ3v) is 6.43. The Balaban J connectivity index is 1.09. The summed E-state index contributed by atoms with van der Waals surface area (Å²) >= 11 is 0. The Morgan fingerprint density at radius 3 is 2.81 bits per heavy atom. The molecule has 0 aliphatic carbocycles. The highest BCUT2D eigenvalue weighted by Gasteiger charge is 2.44. The lowest BCUT2D eigenvalue weighted by Gasteiger charge is -2.16. The van der Waals surface area contributed by atoms with Crippen LogP contribution in [0.1, 0.15) is 41.4 Å². The first-order valence-corrected chi connectivity index (χ1v) is 11.7. The lowest BCUT2D eigenvalue weighted by atomic mass is 10.1. The highest BCUT2D eigenvalue weighted by Crippen LogP contribution is 2.31. The van der Waals surface area contributed by atoms with E-state index < -0.39 is 24.5 Å². The second-order valence-electron chi connectivity index (χ2n) is 8.85. The molecule has 194 valence electrons. The third kappa shape index (κ3) is 4.81. The van der Waals surface area contributed by atoms with E-state index in [4.69, 9.17) is 10.5 Å². The maximum Gasteiger partial charge on any atom is 0.251 e. The monoisotopic (exact) mass is 510 g/mol. The molecule has 1 saturated heterocycles. The predicted molar refractivity (Wildman–Crippen MR) is 129 cm³/mol. The molecule has 0 saturated carbocycles. The Labute approximate surface area is 210 Å². The molecule has 2 aromatic heterocycles. The van der Waals surface area contributed by atoms with Gasteiger partial charge in [-0.05, 0) is 18.6 Å². The van der Waals surface area contributed by atoms with Gasteiger partial charge in [-0.25, -0.2) is 15.0 Å². The van der Waals surface area contributed by atoms with Gasteiger partial charge in [0.05, 0.1) is 6.33 Å². The number of hydrogen-bond donors (Lipinski definition) is 6. The van der Waals surface area contributed by atoms with E-state index in [1.165, 1.54) is 17.2 Å². The number of amides is 3. The first-order chi connectivity index (χ1) is 17.8. The molecule has 2 aliphatic rings. The van der Waals surface area contributed by atoms with E-state index in [0.29, 0.717) is 35.4 Å². The van der Waals surface area contributed by atoms with Crippen LogP contribution in [0.3, 0.4) is 0 Å². The molecular weight excluding hydrogens is 484 g/mol. The smallest absolute Gasteiger partial charge is 0.251 e. The van der Waals surface area contributed by atoms with Crippen molar-refractivity contribution in [2.75, 3.05) is 17.6 Å². The van der Waals surface area contributed by atoms with Gasteiger partial charge in [0, 0.05) is 42.7 Å².